The predicted octanol–water partition coefficient (Wildman–Crippen LogP) is 1.28. The van der Waals surface area contributed by atoms with Crippen LogP contribution in [0.2, 0.25) is 5.15 Å². The van der Waals surface area contributed by atoms with Gasteiger partial charge in [0.15, 0.2) is 10.7 Å². The maximum Gasteiger partial charge on any atom is 0.315 e. The highest BCUT2D eigenvalue weighted by molar-refractivity contribution is 7.90. The summed E-state index contributed by atoms with van der Waals surface area (Å²) >= 11 is 5.68. The second-order valence-electron chi connectivity index (χ2n) is 2.70. The van der Waals surface area contributed by atoms with Crippen molar-refractivity contribution in [3.8, 4) is 0 Å². The molecule has 14 heavy (non-hydrogen) atoms. The van der Waals surface area contributed by atoms with Gasteiger partial charge in [-0.15, -0.1) is 0 Å². The van der Waals surface area contributed by atoms with Gasteiger partial charge in [-0.05, 0) is 6.07 Å². The highest BCUT2D eigenvalue weighted by Gasteiger charge is 2.17. The zero-order valence-corrected chi connectivity index (χ0v) is 8.63. The van der Waals surface area contributed by atoms with Crippen molar-refractivity contribution in [1.29, 1.82) is 0 Å². The van der Waals surface area contributed by atoms with E-state index in [2.05, 4.69) is 9.97 Å². The summed E-state index contributed by atoms with van der Waals surface area (Å²) in [5.41, 5.74) is 0.569. The number of rotatable bonds is 1. The maximum absolute atomic E-state index is 11.1. The molecule has 0 saturated carbocycles. The fourth-order valence-corrected chi connectivity index (χ4v) is 1.65. The van der Waals surface area contributed by atoms with Crippen LogP contribution in [0.1, 0.15) is 0 Å². The molecule has 0 amide bonds. The number of hydrogen-bond donors (Lipinski definition) is 0. The Balaban J connectivity index is 2.81. The molecule has 2 rings (SSSR count). The number of sulfone groups is 1. The maximum atomic E-state index is 11.1. The molecule has 0 unspecified atom stereocenters. The van der Waals surface area contributed by atoms with Crippen LogP contribution >= 0.6 is 11.6 Å². The van der Waals surface area contributed by atoms with Gasteiger partial charge >= 0.3 is 5.22 Å². The third-order valence-corrected chi connectivity index (χ3v) is 2.64. The minimum Gasteiger partial charge on any atom is -0.425 e. The van der Waals surface area contributed by atoms with Crippen molar-refractivity contribution in [3.05, 3.63) is 17.4 Å². The summed E-state index contributed by atoms with van der Waals surface area (Å²) in [5.74, 6) is 0. The zero-order chi connectivity index (χ0) is 10.3. The van der Waals surface area contributed by atoms with Gasteiger partial charge < -0.3 is 4.42 Å². The summed E-state index contributed by atoms with van der Waals surface area (Å²) in [6.07, 6.45) is 2.44. The number of nitrogens with zero attached hydrogens (tertiary/aromatic N) is 2. The van der Waals surface area contributed by atoms with E-state index in [-0.39, 0.29) is 16.0 Å². The Bertz CT molecular complexity index is 590. The molecule has 0 bridgehead atoms. The molecule has 7 heteroatoms. The first kappa shape index (κ1) is 9.42. The van der Waals surface area contributed by atoms with E-state index in [9.17, 15) is 8.42 Å². The lowest BCUT2D eigenvalue weighted by Gasteiger charge is -1.87. The van der Waals surface area contributed by atoms with Crippen LogP contribution in [0, 0.1) is 0 Å². The number of aromatic nitrogens is 2. The van der Waals surface area contributed by atoms with E-state index >= 15 is 0 Å². The van der Waals surface area contributed by atoms with E-state index in [1.165, 1.54) is 12.3 Å². The lowest BCUT2D eigenvalue weighted by Crippen LogP contribution is -1.96. The van der Waals surface area contributed by atoms with Gasteiger partial charge in [-0.25, -0.2) is 13.4 Å². The molecule has 2 aromatic heterocycles. The van der Waals surface area contributed by atoms with E-state index in [0.29, 0.717) is 5.52 Å². The molecule has 0 aromatic carbocycles. The molecule has 0 radical (unpaired) electrons. The smallest absolute Gasteiger partial charge is 0.315 e. The quantitative estimate of drug-likeness (QED) is 0.693. The Kier molecular flexibility index (Phi) is 1.97. The Morgan fingerprint density at radius 2 is 2.21 bits per heavy atom. The number of fused-ring (bicyclic) bond motifs is 1. The molecule has 0 fully saturated rings. The summed E-state index contributed by atoms with van der Waals surface area (Å²) in [5, 5.41) is -0.243. The van der Waals surface area contributed by atoms with E-state index in [4.69, 9.17) is 16.0 Å². The van der Waals surface area contributed by atoms with Gasteiger partial charge in [0.1, 0.15) is 5.52 Å². The minimum atomic E-state index is -3.45. The molecular weight excluding hydrogens is 228 g/mol. The minimum absolute atomic E-state index is 0.102. The lowest BCUT2D eigenvalue weighted by atomic mass is 10.4. The van der Waals surface area contributed by atoms with Crippen molar-refractivity contribution in [1.82, 2.24) is 9.97 Å². The second kappa shape index (κ2) is 2.93. The van der Waals surface area contributed by atoms with Gasteiger partial charge in [0.05, 0.1) is 0 Å². The molecule has 0 atom stereocenters. The topological polar surface area (TPSA) is 73.1 Å². The molecule has 0 spiro atoms. The molecule has 0 N–H and O–H groups in total. The highest BCUT2D eigenvalue weighted by atomic mass is 35.5. The van der Waals surface area contributed by atoms with Gasteiger partial charge in [0.2, 0.25) is 9.84 Å². The van der Waals surface area contributed by atoms with Gasteiger partial charge in [-0.2, -0.15) is 4.98 Å². The largest absolute Gasteiger partial charge is 0.425 e. The van der Waals surface area contributed by atoms with E-state index in [1.54, 1.807) is 0 Å². The van der Waals surface area contributed by atoms with E-state index < -0.39 is 9.84 Å². The fraction of sp³-hybridized carbons (Fsp3) is 0.143. The van der Waals surface area contributed by atoms with E-state index in [0.717, 1.165) is 6.26 Å². The summed E-state index contributed by atoms with van der Waals surface area (Å²) in [4.78, 5) is 7.51. The number of pyridine rings is 1. The molecular formula is C7H5ClN2O3S. The first-order valence-electron chi connectivity index (χ1n) is 3.59. The van der Waals surface area contributed by atoms with Gasteiger partial charge in [-0.3, -0.25) is 0 Å². The molecule has 0 aliphatic heterocycles. The molecule has 2 aromatic rings. The van der Waals surface area contributed by atoms with Gasteiger partial charge in [0, 0.05) is 12.5 Å². The van der Waals surface area contributed by atoms with Crippen molar-refractivity contribution in [3.63, 3.8) is 0 Å². The SMILES string of the molecule is CS(=O)(=O)c1nc2ccnc(Cl)c2o1. The molecule has 0 aliphatic rings. The zero-order valence-electron chi connectivity index (χ0n) is 7.06. The average molecular weight is 233 g/mol. The Labute approximate surface area is 84.6 Å². The van der Waals surface area contributed by atoms with Crippen molar-refractivity contribution >= 4 is 32.5 Å². The third-order valence-electron chi connectivity index (χ3n) is 1.56. The van der Waals surface area contributed by atoms with Crippen LogP contribution in [0.5, 0.6) is 0 Å². The van der Waals surface area contributed by atoms with Crippen LogP contribution in [-0.4, -0.2) is 24.6 Å². The number of halogens is 1. The van der Waals surface area contributed by atoms with Crippen LogP contribution in [0.15, 0.2) is 21.9 Å². The molecule has 2 heterocycles. The van der Waals surface area contributed by atoms with Crippen molar-refractivity contribution in [2.75, 3.05) is 6.26 Å². The summed E-state index contributed by atoms with van der Waals surface area (Å²) in [7, 11) is -3.45. The molecule has 5 nitrogen and oxygen atoms in total. The Morgan fingerprint density at radius 3 is 2.79 bits per heavy atom. The summed E-state index contributed by atoms with van der Waals surface area (Å²) in [6.45, 7) is 0. The second-order valence-corrected chi connectivity index (χ2v) is 4.95. The first-order valence-corrected chi connectivity index (χ1v) is 5.86. The molecule has 74 valence electrons. The lowest BCUT2D eigenvalue weighted by molar-refractivity contribution is 0.460. The number of hydrogen-bond acceptors (Lipinski definition) is 5. The van der Waals surface area contributed by atoms with Crippen LogP contribution < -0.4 is 0 Å². The normalized spacial score (nSPS) is 12.1. The van der Waals surface area contributed by atoms with Crippen LogP contribution in [0.4, 0.5) is 0 Å². The number of oxazole rings is 1. The van der Waals surface area contributed by atoms with E-state index in [1.807, 2.05) is 0 Å². The monoisotopic (exact) mass is 232 g/mol. The van der Waals surface area contributed by atoms with Gasteiger partial charge in [-0.1, -0.05) is 11.6 Å². The van der Waals surface area contributed by atoms with Crippen molar-refractivity contribution < 1.29 is 12.8 Å². The standard InChI is InChI=1S/C7H5ClN2O3S/c1-14(11,12)7-10-4-2-3-9-6(8)5(4)13-7/h2-3H,1H3. The van der Waals surface area contributed by atoms with Crippen LogP contribution in [-0.2, 0) is 9.84 Å². The fourth-order valence-electron chi connectivity index (χ4n) is 0.963. The highest BCUT2D eigenvalue weighted by Crippen LogP contribution is 2.23. The summed E-state index contributed by atoms with van der Waals surface area (Å²) < 4.78 is 27.2. The average Bonchev–Trinajstić information content (AvgIpc) is 2.48. The Morgan fingerprint density at radius 1 is 1.50 bits per heavy atom. The van der Waals surface area contributed by atoms with Crippen molar-refractivity contribution in [2.45, 2.75) is 5.22 Å². The third kappa shape index (κ3) is 1.46. The molecule has 0 aliphatic carbocycles. The summed E-state index contributed by atoms with van der Waals surface area (Å²) in [6, 6.07) is 1.53. The van der Waals surface area contributed by atoms with Crippen molar-refractivity contribution in [2.24, 2.45) is 0 Å². The van der Waals surface area contributed by atoms with Crippen LogP contribution in [0.25, 0.3) is 11.1 Å². The predicted molar refractivity (Wildman–Crippen MR) is 49.9 cm³/mol. The van der Waals surface area contributed by atoms with Gasteiger partial charge in [0.25, 0.3) is 0 Å². The first-order chi connectivity index (χ1) is 6.48. The Hall–Kier alpha value is -1.14. The molecule has 0 saturated heterocycles. The van der Waals surface area contributed by atoms with Crippen LogP contribution in [0.3, 0.4) is 0 Å².